The Morgan fingerprint density at radius 2 is 0.974 bits per heavy atom. The SMILES string of the molecule is Cl.Cl.Cl.c1cc2cc3ccc(OCCCCN4CCCCC4)cc3nc2cc1OCCCCN1CCCCC1. The topological polar surface area (TPSA) is 37.8 Å². The molecule has 8 heteroatoms. The molecule has 0 spiro atoms. The van der Waals surface area contributed by atoms with Gasteiger partial charge in [-0.2, -0.15) is 0 Å². The van der Waals surface area contributed by atoms with Gasteiger partial charge in [0.05, 0.1) is 24.2 Å². The zero-order valence-corrected chi connectivity index (χ0v) is 25.6. The molecule has 0 bridgehead atoms. The molecular weight excluding hydrogens is 553 g/mol. The first-order valence-electron chi connectivity index (χ1n) is 14.4. The lowest BCUT2D eigenvalue weighted by atomic mass is 10.1. The number of halogens is 3. The lowest BCUT2D eigenvalue weighted by molar-refractivity contribution is 0.216. The van der Waals surface area contributed by atoms with Gasteiger partial charge >= 0.3 is 0 Å². The molecule has 3 heterocycles. The standard InChI is InChI=1S/C31H43N3O2.3ClH/c1-3-15-33(16-4-1)19-7-9-21-35-28-13-11-26-23-27-12-14-29(25-31(27)32-30(26)24-28)36-22-10-8-20-34-17-5-2-6-18-34;;;/h11-14,23-25H,1-10,15-22H2;3*1H. The van der Waals surface area contributed by atoms with Gasteiger partial charge in [-0.15, -0.1) is 37.2 Å². The predicted molar refractivity (Wildman–Crippen MR) is 171 cm³/mol. The Labute approximate surface area is 253 Å². The number of ether oxygens (including phenoxy) is 2. The van der Waals surface area contributed by atoms with Gasteiger partial charge in [0.1, 0.15) is 11.5 Å². The number of likely N-dealkylation sites (tertiary alicyclic amines) is 2. The van der Waals surface area contributed by atoms with Gasteiger partial charge in [-0.25, -0.2) is 4.98 Å². The van der Waals surface area contributed by atoms with E-state index in [4.69, 9.17) is 14.5 Å². The lowest BCUT2D eigenvalue weighted by Crippen LogP contribution is -2.30. The second kappa shape index (κ2) is 18.0. The Kier molecular flexibility index (Phi) is 15.6. The van der Waals surface area contributed by atoms with Crippen molar-refractivity contribution in [1.29, 1.82) is 0 Å². The van der Waals surface area contributed by atoms with Crippen molar-refractivity contribution in [3.8, 4) is 11.5 Å². The molecule has 2 aliphatic rings. The number of benzene rings is 2. The largest absolute Gasteiger partial charge is 0.494 e. The number of piperidine rings is 2. The van der Waals surface area contributed by atoms with E-state index in [1.807, 2.05) is 0 Å². The van der Waals surface area contributed by atoms with Crippen LogP contribution < -0.4 is 9.47 Å². The Balaban J connectivity index is 0.00000178. The molecule has 39 heavy (non-hydrogen) atoms. The van der Waals surface area contributed by atoms with E-state index in [1.54, 1.807) is 0 Å². The second-order valence-corrected chi connectivity index (χ2v) is 10.6. The van der Waals surface area contributed by atoms with Crippen LogP contribution in [0.25, 0.3) is 21.8 Å². The van der Waals surface area contributed by atoms with E-state index >= 15 is 0 Å². The van der Waals surface area contributed by atoms with Crippen LogP contribution in [0.15, 0.2) is 42.5 Å². The summed E-state index contributed by atoms with van der Waals surface area (Å²) in [6.07, 6.45) is 12.9. The lowest BCUT2D eigenvalue weighted by Gasteiger charge is -2.26. The van der Waals surface area contributed by atoms with Gasteiger partial charge in [0, 0.05) is 22.9 Å². The smallest absolute Gasteiger partial charge is 0.121 e. The first kappa shape index (κ1) is 33.7. The van der Waals surface area contributed by atoms with E-state index in [0.717, 1.165) is 59.4 Å². The van der Waals surface area contributed by atoms with E-state index < -0.39 is 0 Å². The van der Waals surface area contributed by atoms with E-state index in [0.29, 0.717) is 0 Å². The minimum atomic E-state index is 0. The number of pyridine rings is 1. The molecule has 0 aliphatic carbocycles. The molecule has 0 amide bonds. The van der Waals surface area contributed by atoms with Gasteiger partial charge in [-0.05, 0) is 121 Å². The van der Waals surface area contributed by atoms with Crippen molar-refractivity contribution in [3.63, 3.8) is 0 Å². The molecule has 5 nitrogen and oxygen atoms in total. The Hall–Kier alpha value is -1.50. The van der Waals surface area contributed by atoms with E-state index in [1.165, 1.54) is 90.6 Å². The number of hydrogen-bond donors (Lipinski definition) is 0. The molecule has 2 saturated heterocycles. The second-order valence-electron chi connectivity index (χ2n) is 10.6. The average Bonchev–Trinajstić information content (AvgIpc) is 2.92. The molecule has 1 aromatic heterocycles. The minimum absolute atomic E-state index is 0. The maximum Gasteiger partial charge on any atom is 0.121 e. The van der Waals surface area contributed by atoms with Gasteiger partial charge in [-0.3, -0.25) is 0 Å². The van der Waals surface area contributed by atoms with Crippen LogP contribution in [-0.2, 0) is 0 Å². The first-order chi connectivity index (χ1) is 17.8. The highest BCUT2D eigenvalue weighted by atomic mass is 35.5. The molecule has 218 valence electrons. The van der Waals surface area contributed by atoms with Gasteiger partial charge in [-0.1, -0.05) is 12.8 Å². The minimum Gasteiger partial charge on any atom is -0.494 e. The van der Waals surface area contributed by atoms with Crippen LogP contribution >= 0.6 is 37.2 Å². The highest BCUT2D eigenvalue weighted by Crippen LogP contribution is 2.26. The maximum atomic E-state index is 6.07. The molecule has 2 fully saturated rings. The number of hydrogen-bond acceptors (Lipinski definition) is 5. The third-order valence-electron chi connectivity index (χ3n) is 7.73. The van der Waals surface area contributed by atoms with Crippen LogP contribution in [0.3, 0.4) is 0 Å². The molecular formula is C31H46Cl3N3O2. The molecule has 0 radical (unpaired) electrons. The number of aromatic nitrogens is 1. The Morgan fingerprint density at radius 3 is 1.41 bits per heavy atom. The Bertz CT molecular complexity index is 1020. The van der Waals surface area contributed by atoms with Gasteiger partial charge in [0.15, 0.2) is 0 Å². The van der Waals surface area contributed by atoms with E-state index in [9.17, 15) is 0 Å². The predicted octanol–water partition coefficient (Wildman–Crippen LogP) is 7.94. The van der Waals surface area contributed by atoms with Crippen molar-refractivity contribution in [2.24, 2.45) is 0 Å². The van der Waals surface area contributed by atoms with Crippen molar-refractivity contribution < 1.29 is 9.47 Å². The van der Waals surface area contributed by atoms with Gasteiger partial charge in [0.2, 0.25) is 0 Å². The van der Waals surface area contributed by atoms with Crippen LogP contribution in [0.4, 0.5) is 0 Å². The third kappa shape index (κ3) is 10.4. The van der Waals surface area contributed by atoms with Crippen LogP contribution in [-0.4, -0.2) is 67.3 Å². The van der Waals surface area contributed by atoms with Crippen LogP contribution in [0.5, 0.6) is 11.5 Å². The molecule has 2 aliphatic heterocycles. The zero-order chi connectivity index (χ0) is 24.4. The summed E-state index contributed by atoms with van der Waals surface area (Å²) in [6.45, 7) is 9.04. The third-order valence-corrected chi connectivity index (χ3v) is 7.73. The molecule has 3 aromatic rings. The summed E-state index contributed by atoms with van der Waals surface area (Å²) < 4.78 is 12.1. The van der Waals surface area contributed by atoms with Crippen molar-refractivity contribution >= 4 is 59.0 Å². The average molecular weight is 599 g/mol. The summed E-state index contributed by atoms with van der Waals surface area (Å²) in [5.41, 5.74) is 1.96. The van der Waals surface area contributed by atoms with Crippen molar-refractivity contribution in [1.82, 2.24) is 14.8 Å². The number of rotatable bonds is 12. The number of unbranched alkanes of at least 4 members (excludes halogenated alkanes) is 2. The van der Waals surface area contributed by atoms with E-state index in [2.05, 4.69) is 52.3 Å². The molecule has 0 unspecified atom stereocenters. The van der Waals surface area contributed by atoms with Crippen molar-refractivity contribution in [3.05, 3.63) is 42.5 Å². The Morgan fingerprint density at radius 1 is 0.538 bits per heavy atom. The van der Waals surface area contributed by atoms with Crippen molar-refractivity contribution in [2.75, 3.05) is 52.5 Å². The summed E-state index contributed by atoms with van der Waals surface area (Å²) in [5, 5.41) is 2.29. The first-order valence-corrected chi connectivity index (χ1v) is 14.4. The molecule has 2 aromatic carbocycles. The summed E-state index contributed by atoms with van der Waals surface area (Å²) in [5.74, 6) is 1.82. The van der Waals surface area contributed by atoms with Crippen LogP contribution in [0.2, 0.25) is 0 Å². The summed E-state index contributed by atoms with van der Waals surface area (Å²) in [6, 6.07) is 14.8. The van der Waals surface area contributed by atoms with Crippen LogP contribution in [0, 0.1) is 0 Å². The normalized spacial score (nSPS) is 16.2. The zero-order valence-electron chi connectivity index (χ0n) is 23.2. The summed E-state index contributed by atoms with van der Waals surface area (Å²) >= 11 is 0. The monoisotopic (exact) mass is 597 g/mol. The summed E-state index contributed by atoms with van der Waals surface area (Å²) in [4.78, 5) is 10.1. The highest BCUT2D eigenvalue weighted by Gasteiger charge is 2.10. The number of fused-ring (bicyclic) bond motifs is 2. The highest BCUT2D eigenvalue weighted by molar-refractivity contribution is 5.93. The molecule has 0 saturated carbocycles. The van der Waals surface area contributed by atoms with Gasteiger partial charge < -0.3 is 19.3 Å². The van der Waals surface area contributed by atoms with Gasteiger partial charge in [0.25, 0.3) is 0 Å². The maximum absolute atomic E-state index is 6.07. The number of nitrogens with zero attached hydrogens (tertiary/aromatic N) is 3. The fourth-order valence-electron chi connectivity index (χ4n) is 5.58. The molecule has 5 rings (SSSR count). The fourth-order valence-corrected chi connectivity index (χ4v) is 5.58. The fraction of sp³-hybridized carbons (Fsp3) is 0.581. The van der Waals surface area contributed by atoms with E-state index in [-0.39, 0.29) is 37.2 Å². The molecule has 0 N–H and O–H groups in total. The summed E-state index contributed by atoms with van der Waals surface area (Å²) in [7, 11) is 0. The van der Waals surface area contributed by atoms with Crippen LogP contribution in [0.1, 0.15) is 64.2 Å². The van der Waals surface area contributed by atoms with Crippen molar-refractivity contribution in [2.45, 2.75) is 64.2 Å². The quantitative estimate of drug-likeness (QED) is 0.156. The molecule has 0 atom stereocenters.